The number of carbonyl (C=O) groups excluding carboxylic acids is 3. The summed E-state index contributed by atoms with van der Waals surface area (Å²) in [4.78, 5) is 39.6. The molecule has 5 rings (SSSR count). The molecule has 11 nitrogen and oxygen atoms in total. The van der Waals surface area contributed by atoms with Gasteiger partial charge in [-0.3, -0.25) is 14.4 Å². The van der Waals surface area contributed by atoms with Gasteiger partial charge in [-0.1, -0.05) is 12.1 Å². The molecule has 0 aromatic heterocycles. The molecule has 2 aliphatic carbocycles. The molecule has 2 aromatic carbocycles. The quantitative estimate of drug-likeness (QED) is 0.289. The maximum Gasteiger partial charge on any atom is 0.202 e. The van der Waals surface area contributed by atoms with Gasteiger partial charge in [0.1, 0.15) is 22.8 Å². The van der Waals surface area contributed by atoms with E-state index >= 15 is 0 Å². The Kier molecular flexibility index (Phi) is 7.54. The van der Waals surface area contributed by atoms with Gasteiger partial charge in [0.2, 0.25) is 5.78 Å². The smallest absolute Gasteiger partial charge is 0.202 e. The first kappa shape index (κ1) is 28.9. The lowest BCUT2D eigenvalue weighted by Crippen LogP contribution is -2.52. The Morgan fingerprint density at radius 3 is 2.41 bits per heavy atom. The number of fused-ring (bicyclic) bond motifs is 3. The van der Waals surface area contributed by atoms with Crippen molar-refractivity contribution in [3.8, 4) is 17.2 Å². The number of halogens is 1. The fourth-order valence-corrected chi connectivity index (χ4v) is 5.66. The van der Waals surface area contributed by atoms with Gasteiger partial charge in [0, 0.05) is 42.0 Å². The number of aromatic hydroxyl groups is 2. The van der Waals surface area contributed by atoms with Gasteiger partial charge in [-0.05, 0) is 19.9 Å². The van der Waals surface area contributed by atoms with E-state index in [1.54, 1.807) is 6.92 Å². The van der Waals surface area contributed by atoms with Crippen LogP contribution >= 0.6 is 12.4 Å². The first-order valence-corrected chi connectivity index (χ1v) is 12.2. The summed E-state index contributed by atoms with van der Waals surface area (Å²) < 4.78 is 17.1. The van der Waals surface area contributed by atoms with Gasteiger partial charge < -0.3 is 40.4 Å². The lowest BCUT2D eigenvalue weighted by molar-refractivity contribution is -0.247. The SMILES string of the molecule is COc1cccc2c1C(=O)c1c(O)c3c(c(O)c1C2=O)CC(O)(C(C)=O)CC3O[C@H]1C[C@H](N)[C@H](O)C(C)O1.Cl. The average molecular weight is 564 g/mol. The molecule has 0 saturated carbocycles. The topological polar surface area (TPSA) is 186 Å². The molecule has 3 unspecified atom stereocenters. The molecule has 1 saturated heterocycles. The zero-order chi connectivity index (χ0) is 27.7. The number of rotatable bonds is 4. The van der Waals surface area contributed by atoms with Crippen molar-refractivity contribution in [1.82, 2.24) is 0 Å². The number of ketones is 3. The summed E-state index contributed by atoms with van der Waals surface area (Å²) in [5, 5.41) is 44.1. The number of Topliss-reactive ketones (excluding diaryl/α,β-unsaturated/α-hetero) is 1. The maximum atomic E-state index is 13.6. The maximum absolute atomic E-state index is 13.6. The minimum Gasteiger partial charge on any atom is -0.507 e. The Labute approximate surface area is 229 Å². The summed E-state index contributed by atoms with van der Waals surface area (Å²) in [6.07, 6.45) is -4.53. The van der Waals surface area contributed by atoms with Crippen LogP contribution in [0.15, 0.2) is 18.2 Å². The number of carbonyl (C=O) groups is 3. The Balaban J connectivity index is 0.00000353. The highest BCUT2D eigenvalue weighted by Crippen LogP contribution is 2.52. The van der Waals surface area contributed by atoms with E-state index in [4.69, 9.17) is 19.9 Å². The normalized spacial score (nSPS) is 29.5. The van der Waals surface area contributed by atoms with Gasteiger partial charge in [-0.15, -0.1) is 12.4 Å². The van der Waals surface area contributed by atoms with Gasteiger partial charge in [0.15, 0.2) is 17.9 Å². The average Bonchev–Trinajstić information content (AvgIpc) is 2.87. The molecule has 2 aromatic rings. The number of methoxy groups -OCH3 is 1. The minimum atomic E-state index is -2.00. The first-order chi connectivity index (χ1) is 17.9. The highest BCUT2D eigenvalue weighted by molar-refractivity contribution is 6.31. The minimum absolute atomic E-state index is 0. The van der Waals surface area contributed by atoms with Crippen LogP contribution in [0.2, 0.25) is 0 Å². The highest BCUT2D eigenvalue weighted by atomic mass is 35.5. The number of phenolic OH excluding ortho intramolecular Hbond substituents is 2. The van der Waals surface area contributed by atoms with Crippen LogP contribution in [0.3, 0.4) is 0 Å². The largest absolute Gasteiger partial charge is 0.507 e. The molecule has 3 aliphatic rings. The third-order valence-corrected chi connectivity index (χ3v) is 7.80. The monoisotopic (exact) mass is 563 g/mol. The molecule has 1 heterocycles. The second kappa shape index (κ2) is 10.2. The van der Waals surface area contributed by atoms with Crippen LogP contribution in [-0.4, -0.2) is 75.0 Å². The molecule has 0 amide bonds. The number of ether oxygens (including phenoxy) is 3. The summed E-state index contributed by atoms with van der Waals surface area (Å²) in [5.74, 6) is -3.18. The number of hydrogen-bond acceptors (Lipinski definition) is 11. The van der Waals surface area contributed by atoms with Gasteiger partial charge in [-0.2, -0.15) is 0 Å². The molecule has 0 radical (unpaired) electrons. The predicted molar refractivity (Wildman–Crippen MR) is 138 cm³/mol. The van der Waals surface area contributed by atoms with E-state index in [-0.39, 0.29) is 53.3 Å². The van der Waals surface area contributed by atoms with Crippen LogP contribution < -0.4 is 10.5 Å². The van der Waals surface area contributed by atoms with E-state index in [0.717, 1.165) is 0 Å². The number of aliphatic hydroxyl groups is 2. The second-order valence-electron chi connectivity index (χ2n) is 10.1. The number of phenols is 2. The number of hydrogen-bond donors (Lipinski definition) is 5. The van der Waals surface area contributed by atoms with Crippen LogP contribution in [0, 0.1) is 0 Å². The van der Waals surface area contributed by atoms with Crippen molar-refractivity contribution < 1.29 is 49.0 Å². The lowest BCUT2D eigenvalue weighted by Gasteiger charge is -2.42. The first-order valence-electron chi connectivity index (χ1n) is 12.2. The van der Waals surface area contributed by atoms with Crippen molar-refractivity contribution in [2.45, 2.75) is 69.4 Å². The standard InChI is InChI=1S/C27H29NO10.ClH/c1-10-22(30)14(28)7-17(37-10)38-16-9-27(35,11(2)29)8-13-19(16)26(34)21-20(24(13)32)23(31)12-5-4-6-15(36-3)18(12)25(21)33;/h4-6,10,14,16-17,22,30,32,34-35H,7-9,28H2,1-3H3;1H/t10?,14-,16?,17-,22+,27?;/m0./s1. The molecule has 1 fully saturated rings. The molecule has 210 valence electrons. The molecule has 6 N–H and O–H groups in total. The molecule has 0 spiro atoms. The fourth-order valence-electron chi connectivity index (χ4n) is 5.66. The van der Waals surface area contributed by atoms with E-state index in [2.05, 4.69) is 0 Å². The summed E-state index contributed by atoms with van der Waals surface area (Å²) in [5.41, 5.74) is 2.97. The molecule has 39 heavy (non-hydrogen) atoms. The van der Waals surface area contributed by atoms with Gasteiger partial charge in [0.05, 0.1) is 42.1 Å². The van der Waals surface area contributed by atoms with E-state index in [1.165, 1.54) is 32.2 Å². The number of aliphatic hydroxyl groups excluding tert-OH is 1. The predicted octanol–water partition coefficient (Wildman–Crippen LogP) is 1.45. The number of benzene rings is 2. The van der Waals surface area contributed by atoms with Crippen molar-refractivity contribution in [2.24, 2.45) is 5.73 Å². The summed E-state index contributed by atoms with van der Waals surface area (Å²) >= 11 is 0. The van der Waals surface area contributed by atoms with Crippen LogP contribution in [0.4, 0.5) is 0 Å². The van der Waals surface area contributed by atoms with E-state index < -0.39 is 82.6 Å². The molecule has 12 heteroatoms. The van der Waals surface area contributed by atoms with Crippen LogP contribution in [-0.2, 0) is 20.7 Å². The van der Waals surface area contributed by atoms with Crippen molar-refractivity contribution in [3.63, 3.8) is 0 Å². The van der Waals surface area contributed by atoms with Gasteiger partial charge in [0.25, 0.3) is 0 Å². The third-order valence-electron chi connectivity index (χ3n) is 7.80. The molecule has 6 atom stereocenters. The van der Waals surface area contributed by atoms with Crippen molar-refractivity contribution in [1.29, 1.82) is 0 Å². The zero-order valence-corrected chi connectivity index (χ0v) is 22.3. The molecule has 0 bridgehead atoms. The Morgan fingerprint density at radius 1 is 1.13 bits per heavy atom. The van der Waals surface area contributed by atoms with Crippen molar-refractivity contribution in [2.75, 3.05) is 7.11 Å². The Morgan fingerprint density at radius 2 is 1.79 bits per heavy atom. The van der Waals surface area contributed by atoms with Crippen LogP contribution in [0.1, 0.15) is 75.8 Å². The molecular formula is C27H30ClNO10. The van der Waals surface area contributed by atoms with Crippen molar-refractivity contribution >= 4 is 29.8 Å². The van der Waals surface area contributed by atoms with Crippen LogP contribution in [0.5, 0.6) is 17.2 Å². The molecular weight excluding hydrogens is 534 g/mol. The summed E-state index contributed by atoms with van der Waals surface area (Å²) in [6, 6.07) is 3.75. The Hall–Kier alpha value is -3.06. The fraction of sp³-hybridized carbons (Fsp3) is 0.444. The highest BCUT2D eigenvalue weighted by Gasteiger charge is 2.49. The summed E-state index contributed by atoms with van der Waals surface area (Å²) in [7, 11) is 1.34. The lowest BCUT2D eigenvalue weighted by atomic mass is 9.72. The zero-order valence-electron chi connectivity index (χ0n) is 21.5. The number of nitrogens with two attached hydrogens (primary N) is 1. The van der Waals surface area contributed by atoms with E-state index in [1.807, 2.05) is 0 Å². The second-order valence-corrected chi connectivity index (χ2v) is 10.1. The van der Waals surface area contributed by atoms with Gasteiger partial charge in [-0.25, -0.2) is 0 Å². The van der Waals surface area contributed by atoms with E-state index in [9.17, 15) is 34.8 Å². The van der Waals surface area contributed by atoms with Gasteiger partial charge >= 0.3 is 0 Å². The third kappa shape index (κ3) is 4.39. The molecule has 1 aliphatic heterocycles. The van der Waals surface area contributed by atoms with E-state index in [0.29, 0.717) is 0 Å². The van der Waals surface area contributed by atoms with Crippen molar-refractivity contribution in [3.05, 3.63) is 51.6 Å². The Bertz CT molecular complexity index is 1370. The summed E-state index contributed by atoms with van der Waals surface area (Å²) in [6.45, 7) is 2.79. The van der Waals surface area contributed by atoms with Crippen LogP contribution in [0.25, 0.3) is 0 Å².